The van der Waals surface area contributed by atoms with Crippen LogP contribution in [0.2, 0.25) is 0 Å². The van der Waals surface area contributed by atoms with E-state index in [1.165, 1.54) is 12.3 Å². The third kappa shape index (κ3) is 3.69. The first-order chi connectivity index (χ1) is 12.5. The summed E-state index contributed by atoms with van der Waals surface area (Å²) in [5.74, 6) is 0.127. The van der Waals surface area contributed by atoms with Gasteiger partial charge >= 0.3 is 0 Å². The Hall–Kier alpha value is -4.09. The zero-order valence-corrected chi connectivity index (χ0v) is 13.1. The highest BCUT2D eigenvalue weighted by atomic mass is 16.6. The second kappa shape index (κ2) is 7.21. The molecule has 2 aromatic heterocycles. The minimum atomic E-state index is -0.495. The van der Waals surface area contributed by atoms with E-state index < -0.39 is 10.8 Å². The highest BCUT2D eigenvalue weighted by Gasteiger charge is 2.16. The van der Waals surface area contributed by atoms with E-state index in [1.54, 1.807) is 30.3 Å². The molecule has 3 aromatic rings. The van der Waals surface area contributed by atoms with Gasteiger partial charge < -0.3 is 10.2 Å². The lowest BCUT2D eigenvalue weighted by Gasteiger charge is -1.99. The van der Waals surface area contributed by atoms with Gasteiger partial charge in [-0.1, -0.05) is 17.2 Å². The molecule has 0 aliphatic carbocycles. The molecule has 0 saturated carbocycles. The first kappa shape index (κ1) is 16.8. The van der Waals surface area contributed by atoms with Crippen molar-refractivity contribution >= 4 is 23.8 Å². The van der Waals surface area contributed by atoms with Crippen LogP contribution in [0.5, 0.6) is 0 Å². The van der Waals surface area contributed by atoms with E-state index in [9.17, 15) is 14.9 Å². The number of nitro benzene ring substituents is 1. The second-order valence-corrected chi connectivity index (χ2v) is 4.96. The number of hydrazone groups is 1. The summed E-state index contributed by atoms with van der Waals surface area (Å²) in [6.45, 7) is -0.199. The fourth-order valence-corrected chi connectivity index (χ4v) is 2.07. The van der Waals surface area contributed by atoms with Crippen LogP contribution in [0.1, 0.15) is 5.76 Å². The molecule has 12 heteroatoms. The molecule has 132 valence electrons. The Morgan fingerprint density at radius 2 is 2.19 bits per heavy atom. The van der Waals surface area contributed by atoms with Crippen molar-refractivity contribution in [1.29, 1.82) is 0 Å². The van der Waals surface area contributed by atoms with E-state index in [2.05, 4.69) is 26.1 Å². The fraction of sp³-hybridized carbons (Fsp3) is 0.0714. The van der Waals surface area contributed by atoms with Crippen molar-refractivity contribution in [3.05, 3.63) is 52.3 Å². The minimum Gasteiger partial charge on any atom is -0.455 e. The van der Waals surface area contributed by atoms with Crippen molar-refractivity contribution in [1.82, 2.24) is 25.6 Å². The number of nitrogens with two attached hydrogens (primary N) is 1. The Kier molecular flexibility index (Phi) is 4.65. The summed E-state index contributed by atoms with van der Waals surface area (Å²) in [4.78, 5) is 22.3. The number of benzene rings is 1. The van der Waals surface area contributed by atoms with Gasteiger partial charge in [-0.25, -0.2) is 10.1 Å². The average molecular weight is 356 g/mol. The van der Waals surface area contributed by atoms with Gasteiger partial charge in [0, 0.05) is 6.07 Å². The highest BCUT2D eigenvalue weighted by molar-refractivity contribution is 5.81. The number of carbonyl (C=O) groups excluding carboxylic acids is 1. The van der Waals surface area contributed by atoms with Crippen LogP contribution >= 0.6 is 0 Å². The molecule has 0 bridgehead atoms. The second-order valence-electron chi connectivity index (χ2n) is 4.96. The summed E-state index contributed by atoms with van der Waals surface area (Å²) in [5.41, 5.74) is 7.98. The topological polar surface area (TPSA) is 167 Å². The number of nitrogens with one attached hydrogen (secondary N) is 1. The van der Waals surface area contributed by atoms with Gasteiger partial charge in [0.1, 0.15) is 18.1 Å². The number of hydrogen-bond donors (Lipinski definition) is 2. The lowest BCUT2D eigenvalue weighted by molar-refractivity contribution is -0.384. The maximum Gasteiger partial charge on any atom is 0.280 e. The Bertz CT molecular complexity index is 977. The number of amides is 1. The molecule has 12 nitrogen and oxygen atoms in total. The van der Waals surface area contributed by atoms with Crippen LogP contribution < -0.4 is 11.2 Å². The van der Waals surface area contributed by atoms with Gasteiger partial charge in [-0.2, -0.15) is 5.10 Å². The molecule has 0 saturated heterocycles. The van der Waals surface area contributed by atoms with Crippen molar-refractivity contribution in [2.75, 3.05) is 5.73 Å². The molecule has 26 heavy (non-hydrogen) atoms. The van der Waals surface area contributed by atoms with Crippen LogP contribution in [0, 0.1) is 10.1 Å². The number of rotatable bonds is 6. The van der Waals surface area contributed by atoms with E-state index in [1.807, 2.05) is 0 Å². The van der Waals surface area contributed by atoms with Gasteiger partial charge in [0.25, 0.3) is 11.6 Å². The summed E-state index contributed by atoms with van der Waals surface area (Å²) in [7, 11) is 0. The smallest absolute Gasteiger partial charge is 0.280 e. The van der Waals surface area contributed by atoms with Crippen molar-refractivity contribution < 1.29 is 14.1 Å². The monoisotopic (exact) mass is 356 g/mol. The number of furan rings is 1. The number of nitrogen functional groups attached to an aromatic ring is 1. The number of para-hydroxylation sites is 1. The standard InChI is InChI=1S/C14H12N8O4/c15-14-18-19-20-21(14)8-13(23)17-16-7-9-5-6-12(26-9)10-3-1-2-4-11(10)22(24)25/h1-7H,8H2,(H,17,23)(H2,15,18,20)/b16-7-. The van der Waals surface area contributed by atoms with E-state index >= 15 is 0 Å². The zero-order valence-electron chi connectivity index (χ0n) is 13.1. The average Bonchev–Trinajstić information content (AvgIpc) is 3.24. The van der Waals surface area contributed by atoms with Gasteiger partial charge in [-0.05, 0) is 28.6 Å². The molecule has 0 radical (unpaired) electrons. The molecule has 0 spiro atoms. The summed E-state index contributed by atoms with van der Waals surface area (Å²) in [6.07, 6.45) is 1.26. The number of aromatic nitrogens is 4. The summed E-state index contributed by atoms with van der Waals surface area (Å²) in [5, 5.41) is 25.1. The third-order valence-electron chi connectivity index (χ3n) is 3.23. The Morgan fingerprint density at radius 1 is 1.38 bits per heavy atom. The molecular formula is C14H12N8O4. The van der Waals surface area contributed by atoms with Crippen LogP contribution in [0.25, 0.3) is 11.3 Å². The van der Waals surface area contributed by atoms with Crippen LogP contribution in [-0.4, -0.2) is 37.3 Å². The number of carbonyl (C=O) groups is 1. The number of tetrazole rings is 1. The third-order valence-corrected chi connectivity index (χ3v) is 3.23. The molecule has 2 heterocycles. The predicted octanol–water partition coefficient (Wildman–Crippen LogP) is 0.574. The number of hydrogen-bond acceptors (Lipinski definition) is 9. The summed E-state index contributed by atoms with van der Waals surface area (Å²) < 4.78 is 6.61. The van der Waals surface area contributed by atoms with Crippen molar-refractivity contribution in [2.45, 2.75) is 6.54 Å². The van der Waals surface area contributed by atoms with E-state index in [-0.39, 0.29) is 18.2 Å². The van der Waals surface area contributed by atoms with Crippen LogP contribution in [0.15, 0.2) is 45.9 Å². The summed E-state index contributed by atoms with van der Waals surface area (Å²) in [6, 6.07) is 9.35. The van der Waals surface area contributed by atoms with Crippen LogP contribution in [-0.2, 0) is 11.3 Å². The number of nitro groups is 1. The fourth-order valence-electron chi connectivity index (χ4n) is 2.07. The molecule has 0 aliphatic rings. The maximum absolute atomic E-state index is 11.7. The Balaban J connectivity index is 1.65. The molecule has 3 rings (SSSR count). The van der Waals surface area contributed by atoms with Crippen molar-refractivity contribution in [3.8, 4) is 11.3 Å². The van der Waals surface area contributed by atoms with Crippen LogP contribution in [0.3, 0.4) is 0 Å². The van der Waals surface area contributed by atoms with Gasteiger partial charge in [-0.15, -0.1) is 0 Å². The predicted molar refractivity (Wildman–Crippen MR) is 88.8 cm³/mol. The molecule has 1 amide bonds. The minimum absolute atomic E-state index is 0.00395. The normalized spacial score (nSPS) is 10.9. The SMILES string of the molecule is Nc1nnnn1CC(=O)N/N=C\c1ccc(-c2ccccc2[N+](=O)[O-])o1. The van der Waals surface area contributed by atoms with Gasteiger partial charge in [-0.3, -0.25) is 14.9 Å². The van der Waals surface area contributed by atoms with E-state index in [0.717, 1.165) is 4.68 Å². The van der Waals surface area contributed by atoms with Crippen molar-refractivity contribution in [3.63, 3.8) is 0 Å². The summed E-state index contributed by atoms with van der Waals surface area (Å²) >= 11 is 0. The lowest BCUT2D eigenvalue weighted by atomic mass is 10.1. The quantitative estimate of drug-likeness (QED) is 0.367. The molecule has 0 unspecified atom stereocenters. The number of anilines is 1. The molecule has 0 atom stereocenters. The largest absolute Gasteiger partial charge is 0.455 e. The Labute approximate surface area is 145 Å². The molecule has 3 N–H and O–H groups in total. The molecule has 0 fully saturated rings. The van der Waals surface area contributed by atoms with E-state index in [0.29, 0.717) is 17.1 Å². The van der Waals surface area contributed by atoms with Gasteiger partial charge in [0.05, 0.1) is 16.7 Å². The molecule has 1 aromatic carbocycles. The zero-order chi connectivity index (χ0) is 18.5. The first-order valence-electron chi connectivity index (χ1n) is 7.22. The highest BCUT2D eigenvalue weighted by Crippen LogP contribution is 2.30. The molecule has 0 aliphatic heterocycles. The molecular weight excluding hydrogens is 344 g/mol. The van der Waals surface area contributed by atoms with Gasteiger partial charge in [0.2, 0.25) is 5.95 Å². The van der Waals surface area contributed by atoms with E-state index in [4.69, 9.17) is 10.2 Å². The first-order valence-corrected chi connectivity index (χ1v) is 7.22. The number of nitrogens with zero attached hydrogens (tertiary/aromatic N) is 6. The Morgan fingerprint density at radius 3 is 2.92 bits per heavy atom. The van der Waals surface area contributed by atoms with Gasteiger partial charge in [0.15, 0.2) is 0 Å². The van der Waals surface area contributed by atoms with Crippen molar-refractivity contribution in [2.24, 2.45) is 5.10 Å². The maximum atomic E-state index is 11.7. The van der Waals surface area contributed by atoms with Crippen LogP contribution in [0.4, 0.5) is 11.6 Å². The lowest BCUT2D eigenvalue weighted by Crippen LogP contribution is -2.24.